The Bertz CT molecular complexity index is 1280. The second-order valence-corrected chi connectivity index (χ2v) is 11.9. The highest BCUT2D eigenvalue weighted by atomic mass is 35.5. The number of halogens is 5. The number of nitrogens with zero attached hydrogens (tertiary/aromatic N) is 3. The number of ether oxygens (including phenoxy) is 1. The number of likely N-dealkylation sites (tertiary alicyclic amines) is 3. The fourth-order valence-electron chi connectivity index (χ4n) is 5.75. The largest absolute Gasteiger partial charge is 0.453 e. The quantitative estimate of drug-likeness (QED) is 0.355. The Morgan fingerprint density at radius 3 is 1.91 bits per heavy atom. The first kappa shape index (κ1) is 32.9. The molecule has 0 atom stereocenters. The Kier molecular flexibility index (Phi) is 10.9. The van der Waals surface area contributed by atoms with Gasteiger partial charge in [-0.05, 0) is 80.0 Å². The van der Waals surface area contributed by atoms with E-state index in [0.717, 1.165) is 42.5 Å². The molecular formula is C31H36Cl2F3N3O4. The highest BCUT2D eigenvalue weighted by molar-refractivity contribution is 6.36. The third-order valence-electron chi connectivity index (χ3n) is 8.44. The molecule has 0 aliphatic carbocycles. The molecule has 5 rings (SSSR count). The van der Waals surface area contributed by atoms with Crippen LogP contribution >= 0.6 is 23.2 Å². The van der Waals surface area contributed by atoms with Crippen molar-refractivity contribution in [2.45, 2.75) is 57.7 Å². The molecule has 0 saturated carbocycles. The van der Waals surface area contributed by atoms with E-state index >= 15 is 0 Å². The SMILES string of the molecule is COC(=O)N1CCC(N2CCCC2=O)CC1.Cc1c(Cl)cc(-c2ccc(C(=O)N3CCC(C(F)(F)F)CC3)cc2)cc1Cl. The van der Waals surface area contributed by atoms with E-state index in [-0.39, 0.29) is 43.8 Å². The standard InChI is InChI=1S/C20H18Cl2F3NO.C11H18N2O3/c1-12-17(21)10-15(11-18(12)22)13-2-4-14(5-3-13)19(27)26-8-6-16(7-9-26)20(23,24)25;1-16-11(15)12-7-4-9(5-8-12)13-6-2-3-10(13)14/h2-5,10-11,16H,6-9H2,1H3;9H,2-8H2,1H3. The molecule has 43 heavy (non-hydrogen) atoms. The van der Waals surface area contributed by atoms with Crippen LogP contribution in [-0.4, -0.2) is 84.7 Å². The van der Waals surface area contributed by atoms with E-state index in [2.05, 4.69) is 4.74 Å². The van der Waals surface area contributed by atoms with Crippen LogP contribution in [0.1, 0.15) is 54.4 Å². The number of rotatable bonds is 3. The van der Waals surface area contributed by atoms with Crippen molar-refractivity contribution >= 4 is 41.1 Å². The van der Waals surface area contributed by atoms with Crippen LogP contribution in [0, 0.1) is 12.8 Å². The summed E-state index contributed by atoms with van der Waals surface area (Å²) < 4.78 is 43.0. The van der Waals surface area contributed by atoms with Gasteiger partial charge in [0.1, 0.15) is 0 Å². The summed E-state index contributed by atoms with van der Waals surface area (Å²) in [6, 6.07) is 10.9. The van der Waals surface area contributed by atoms with E-state index in [1.54, 1.807) is 29.2 Å². The first-order valence-corrected chi connectivity index (χ1v) is 15.2. The first-order valence-electron chi connectivity index (χ1n) is 14.4. The van der Waals surface area contributed by atoms with E-state index in [1.807, 2.05) is 24.0 Å². The Hall–Kier alpha value is -2.98. The van der Waals surface area contributed by atoms with Crippen molar-refractivity contribution in [3.8, 4) is 11.1 Å². The summed E-state index contributed by atoms with van der Waals surface area (Å²) in [5, 5.41) is 1.12. The zero-order valence-electron chi connectivity index (χ0n) is 24.3. The molecule has 0 aromatic heterocycles. The first-order chi connectivity index (χ1) is 20.4. The summed E-state index contributed by atoms with van der Waals surface area (Å²) in [6.07, 6.45) is -1.12. The van der Waals surface area contributed by atoms with Gasteiger partial charge in [0.2, 0.25) is 5.91 Å². The third-order valence-corrected chi connectivity index (χ3v) is 9.22. The van der Waals surface area contributed by atoms with Gasteiger partial charge >= 0.3 is 12.3 Å². The summed E-state index contributed by atoms with van der Waals surface area (Å²) in [6.45, 7) is 4.35. The molecule has 2 aromatic rings. The van der Waals surface area contributed by atoms with Crippen molar-refractivity contribution in [1.82, 2.24) is 14.7 Å². The number of piperidine rings is 2. The van der Waals surface area contributed by atoms with Crippen LogP contribution in [0.25, 0.3) is 11.1 Å². The molecule has 0 unspecified atom stereocenters. The van der Waals surface area contributed by atoms with Gasteiger partial charge in [-0.2, -0.15) is 13.2 Å². The van der Waals surface area contributed by atoms with Crippen molar-refractivity contribution in [2.75, 3.05) is 39.8 Å². The van der Waals surface area contributed by atoms with Crippen LogP contribution in [0.15, 0.2) is 36.4 Å². The molecule has 12 heteroatoms. The van der Waals surface area contributed by atoms with E-state index in [4.69, 9.17) is 23.2 Å². The number of carbonyl (C=O) groups excluding carboxylic acids is 3. The van der Waals surface area contributed by atoms with E-state index in [1.165, 1.54) is 12.0 Å². The topological polar surface area (TPSA) is 70.2 Å². The van der Waals surface area contributed by atoms with Gasteiger partial charge < -0.3 is 19.4 Å². The maximum Gasteiger partial charge on any atom is 0.409 e. The summed E-state index contributed by atoms with van der Waals surface area (Å²) in [5.41, 5.74) is 2.94. The maximum atomic E-state index is 12.8. The van der Waals surface area contributed by atoms with Crippen LogP contribution in [0.4, 0.5) is 18.0 Å². The molecule has 234 valence electrons. The number of carbonyl (C=O) groups is 3. The van der Waals surface area contributed by atoms with Gasteiger partial charge in [-0.1, -0.05) is 35.3 Å². The molecule has 3 amide bonds. The van der Waals surface area contributed by atoms with Crippen LogP contribution in [0.2, 0.25) is 10.0 Å². The number of methoxy groups -OCH3 is 1. The predicted octanol–water partition coefficient (Wildman–Crippen LogP) is 7.22. The van der Waals surface area contributed by atoms with Gasteiger partial charge in [0, 0.05) is 60.8 Å². The number of alkyl halides is 3. The van der Waals surface area contributed by atoms with Gasteiger partial charge in [0.15, 0.2) is 0 Å². The average molecular weight is 643 g/mol. The second kappa shape index (κ2) is 14.2. The molecular weight excluding hydrogens is 606 g/mol. The fourth-order valence-corrected chi connectivity index (χ4v) is 6.24. The van der Waals surface area contributed by atoms with Gasteiger partial charge in [-0.15, -0.1) is 0 Å². The molecule has 3 aliphatic rings. The average Bonchev–Trinajstić information content (AvgIpc) is 3.44. The molecule has 3 fully saturated rings. The second-order valence-electron chi connectivity index (χ2n) is 11.1. The predicted molar refractivity (Wildman–Crippen MR) is 159 cm³/mol. The highest BCUT2D eigenvalue weighted by Crippen LogP contribution is 2.35. The third kappa shape index (κ3) is 8.15. The molecule has 0 spiro atoms. The minimum absolute atomic E-state index is 0.0479. The fraction of sp³-hybridized carbons (Fsp3) is 0.516. The summed E-state index contributed by atoms with van der Waals surface area (Å²) in [5.74, 6) is -1.29. The van der Waals surface area contributed by atoms with Crippen molar-refractivity contribution < 1.29 is 32.3 Å². The Morgan fingerprint density at radius 2 is 1.42 bits per heavy atom. The van der Waals surface area contributed by atoms with Gasteiger partial charge in [-0.25, -0.2) is 4.79 Å². The summed E-state index contributed by atoms with van der Waals surface area (Å²) in [4.78, 5) is 40.6. The number of hydrogen-bond acceptors (Lipinski definition) is 4. The van der Waals surface area contributed by atoms with Gasteiger partial charge in [0.05, 0.1) is 13.0 Å². The normalized spacial score (nSPS) is 18.4. The molecule has 7 nitrogen and oxygen atoms in total. The Balaban J connectivity index is 0.000000225. The van der Waals surface area contributed by atoms with Crippen LogP contribution in [0.5, 0.6) is 0 Å². The summed E-state index contributed by atoms with van der Waals surface area (Å²) >= 11 is 12.3. The van der Waals surface area contributed by atoms with Crippen LogP contribution in [0.3, 0.4) is 0 Å². The van der Waals surface area contributed by atoms with Crippen molar-refractivity contribution in [1.29, 1.82) is 0 Å². The molecule has 0 bridgehead atoms. The lowest BCUT2D eigenvalue weighted by molar-refractivity contribution is -0.183. The number of amides is 3. The molecule has 3 heterocycles. The van der Waals surface area contributed by atoms with Crippen molar-refractivity contribution in [2.24, 2.45) is 5.92 Å². The Morgan fingerprint density at radius 1 is 0.860 bits per heavy atom. The van der Waals surface area contributed by atoms with Crippen molar-refractivity contribution in [3.63, 3.8) is 0 Å². The number of hydrogen-bond donors (Lipinski definition) is 0. The maximum absolute atomic E-state index is 12.8. The molecule has 3 aliphatic heterocycles. The lowest BCUT2D eigenvalue weighted by Gasteiger charge is -2.35. The minimum Gasteiger partial charge on any atom is -0.453 e. The minimum atomic E-state index is -4.19. The zero-order chi connectivity index (χ0) is 31.3. The summed E-state index contributed by atoms with van der Waals surface area (Å²) in [7, 11) is 1.40. The van der Waals surface area contributed by atoms with E-state index in [0.29, 0.717) is 41.2 Å². The van der Waals surface area contributed by atoms with Crippen LogP contribution in [-0.2, 0) is 9.53 Å². The molecule has 2 aromatic carbocycles. The molecule has 0 N–H and O–H groups in total. The van der Waals surface area contributed by atoms with E-state index in [9.17, 15) is 27.6 Å². The lowest BCUT2D eigenvalue weighted by Crippen LogP contribution is -2.47. The highest BCUT2D eigenvalue weighted by Gasteiger charge is 2.41. The lowest BCUT2D eigenvalue weighted by atomic mass is 9.95. The van der Waals surface area contributed by atoms with Crippen LogP contribution < -0.4 is 0 Å². The molecule has 0 radical (unpaired) electrons. The monoisotopic (exact) mass is 641 g/mol. The Labute approximate surface area is 259 Å². The van der Waals surface area contributed by atoms with Crippen molar-refractivity contribution in [3.05, 3.63) is 57.6 Å². The number of benzene rings is 2. The zero-order valence-corrected chi connectivity index (χ0v) is 25.8. The molecule has 3 saturated heterocycles. The smallest absolute Gasteiger partial charge is 0.409 e. The van der Waals surface area contributed by atoms with Gasteiger partial charge in [-0.3, -0.25) is 9.59 Å². The van der Waals surface area contributed by atoms with E-state index < -0.39 is 12.1 Å². The van der Waals surface area contributed by atoms with Gasteiger partial charge in [0.25, 0.3) is 5.91 Å².